The summed E-state index contributed by atoms with van der Waals surface area (Å²) in [6.07, 6.45) is 1.42. The molecule has 5 nitrogen and oxygen atoms in total. The molecule has 1 aromatic carbocycles. The highest BCUT2D eigenvalue weighted by molar-refractivity contribution is 5.54. The number of alkyl halides is 2. The van der Waals surface area contributed by atoms with E-state index in [1.54, 1.807) is 12.1 Å². The molecule has 0 radical (unpaired) electrons. The molecular formula is C22H34F2N4O. The van der Waals surface area contributed by atoms with E-state index in [1.807, 2.05) is 12.1 Å². The Morgan fingerprint density at radius 2 is 1.79 bits per heavy atom. The molecule has 1 saturated heterocycles. The lowest BCUT2D eigenvalue weighted by Gasteiger charge is -2.38. The molecule has 29 heavy (non-hydrogen) atoms. The van der Waals surface area contributed by atoms with Crippen LogP contribution in [-0.4, -0.2) is 54.8 Å². The summed E-state index contributed by atoms with van der Waals surface area (Å²) in [5, 5.41) is 2.09. The lowest BCUT2D eigenvalue weighted by atomic mass is 10.1. The second kappa shape index (κ2) is 9.41. The van der Waals surface area contributed by atoms with Gasteiger partial charge in [0.25, 0.3) is 0 Å². The zero-order valence-electron chi connectivity index (χ0n) is 18.0. The van der Waals surface area contributed by atoms with Crippen LogP contribution >= 0.6 is 0 Å². The second-order valence-electron chi connectivity index (χ2n) is 8.45. The first kappa shape index (κ1) is 22.0. The van der Waals surface area contributed by atoms with Crippen molar-refractivity contribution in [1.29, 1.82) is 0 Å². The standard InChI is InChI=1S/C22H34F2N4O/c1-5-10-26-11-13-27(14-12-26)21-16-19(15-17(2)3)28(25-21)18-6-8-20(9-7-18)29-22(4,23)24/h6-9,16-17,21,25H,5,10-15H2,1-4H3. The van der Waals surface area contributed by atoms with Crippen LogP contribution in [0.1, 0.15) is 40.5 Å². The predicted octanol–water partition coefficient (Wildman–Crippen LogP) is 4.29. The fraction of sp³-hybridized carbons (Fsp3) is 0.636. The summed E-state index contributed by atoms with van der Waals surface area (Å²) in [7, 11) is 0. The van der Waals surface area contributed by atoms with Crippen molar-refractivity contribution in [2.45, 2.75) is 52.8 Å². The SMILES string of the molecule is CCCN1CCN(C2C=C(CC(C)C)N(c3ccc(OC(C)(F)F)cc3)N2)CC1. The fourth-order valence-corrected chi connectivity index (χ4v) is 3.97. The third-order valence-corrected chi connectivity index (χ3v) is 5.25. The number of anilines is 1. The van der Waals surface area contributed by atoms with Crippen LogP contribution in [0.3, 0.4) is 0 Å². The summed E-state index contributed by atoms with van der Waals surface area (Å²) in [5.41, 5.74) is 5.75. The van der Waals surface area contributed by atoms with E-state index in [2.05, 4.69) is 51.8 Å². The minimum absolute atomic E-state index is 0.156. The fourth-order valence-electron chi connectivity index (χ4n) is 3.97. The van der Waals surface area contributed by atoms with E-state index in [0.717, 1.165) is 51.8 Å². The molecular weight excluding hydrogens is 374 g/mol. The van der Waals surface area contributed by atoms with Crippen LogP contribution < -0.4 is 15.2 Å². The molecule has 7 heteroatoms. The Morgan fingerprint density at radius 3 is 2.34 bits per heavy atom. The van der Waals surface area contributed by atoms with Gasteiger partial charge in [-0.15, -0.1) is 0 Å². The van der Waals surface area contributed by atoms with Gasteiger partial charge in [-0.2, -0.15) is 8.78 Å². The molecule has 1 N–H and O–H groups in total. The number of benzene rings is 1. The van der Waals surface area contributed by atoms with Crippen molar-refractivity contribution in [3.05, 3.63) is 36.0 Å². The number of halogens is 2. The quantitative estimate of drug-likeness (QED) is 0.694. The molecule has 2 heterocycles. The number of ether oxygens (including phenoxy) is 1. The number of nitrogens with one attached hydrogen (secondary N) is 1. The van der Waals surface area contributed by atoms with Crippen molar-refractivity contribution in [2.75, 3.05) is 37.7 Å². The van der Waals surface area contributed by atoms with Crippen molar-refractivity contribution < 1.29 is 13.5 Å². The smallest absolute Gasteiger partial charge is 0.394 e. The van der Waals surface area contributed by atoms with Gasteiger partial charge >= 0.3 is 6.11 Å². The highest BCUT2D eigenvalue weighted by atomic mass is 19.3. The Morgan fingerprint density at radius 1 is 1.14 bits per heavy atom. The third-order valence-electron chi connectivity index (χ3n) is 5.25. The molecule has 1 unspecified atom stereocenters. The number of rotatable bonds is 8. The Kier molecular flexibility index (Phi) is 7.14. The van der Waals surface area contributed by atoms with Crippen LogP contribution in [0.25, 0.3) is 0 Å². The minimum atomic E-state index is -3.18. The topological polar surface area (TPSA) is 31.0 Å². The highest BCUT2D eigenvalue weighted by Crippen LogP contribution is 2.30. The van der Waals surface area contributed by atoms with Gasteiger partial charge in [0.1, 0.15) is 5.75 Å². The summed E-state index contributed by atoms with van der Waals surface area (Å²) >= 11 is 0. The second-order valence-corrected chi connectivity index (χ2v) is 8.45. The van der Waals surface area contributed by atoms with Crippen LogP contribution in [0, 0.1) is 5.92 Å². The predicted molar refractivity (Wildman–Crippen MR) is 113 cm³/mol. The number of hydrogen-bond donors (Lipinski definition) is 1. The van der Waals surface area contributed by atoms with E-state index < -0.39 is 6.11 Å². The van der Waals surface area contributed by atoms with Crippen LogP contribution in [0.2, 0.25) is 0 Å². The summed E-state index contributed by atoms with van der Waals surface area (Å²) in [6, 6.07) is 6.84. The molecule has 1 fully saturated rings. The van der Waals surface area contributed by atoms with Crippen LogP contribution in [-0.2, 0) is 0 Å². The summed E-state index contributed by atoms with van der Waals surface area (Å²) in [4.78, 5) is 4.99. The highest BCUT2D eigenvalue weighted by Gasteiger charge is 2.30. The van der Waals surface area contributed by atoms with Crippen LogP contribution in [0.5, 0.6) is 5.75 Å². The molecule has 0 spiro atoms. The van der Waals surface area contributed by atoms with Gasteiger partial charge < -0.3 is 9.64 Å². The Bertz CT molecular complexity index is 679. The third kappa shape index (κ3) is 6.14. The molecule has 2 aliphatic rings. The molecule has 0 amide bonds. The zero-order chi connectivity index (χ0) is 21.0. The van der Waals surface area contributed by atoms with E-state index >= 15 is 0 Å². The maximum Gasteiger partial charge on any atom is 0.394 e. The summed E-state index contributed by atoms with van der Waals surface area (Å²) in [5.74, 6) is 0.686. The van der Waals surface area contributed by atoms with Gasteiger partial charge in [0, 0.05) is 38.8 Å². The van der Waals surface area contributed by atoms with Crippen molar-refractivity contribution >= 4 is 5.69 Å². The first-order valence-electron chi connectivity index (χ1n) is 10.7. The average molecular weight is 409 g/mol. The maximum atomic E-state index is 13.1. The number of hydrogen-bond acceptors (Lipinski definition) is 5. The molecule has 2 aliphatic heterocycles. The largest absolute Gasteiger partial charge is 0.433 e. The number of hydrazine groups is 1. The zero-order valence-corrected chi connectivity index (χ0v) is 18.0. The van der Waals surface area contributed by atoms with Gasteiger partial charge in [0.15, 0.2) is 0 Å². The summed E-state index contributed by atoms with van der Waals surface area (Å²) < 4.78 is 30.8. The van der Waals surface area contributed by atoms with E-state index in [9.17, 15) is 8.78 Å². The van der Waals surface area contributed by atoms with Gasteiger partial charge in [-0.3, -0.25) is 9.91 Å². The van der Waals surface area contributed by atoms with Crippen molar-refractivity contribution in [3.63, 3.8) is 0 Å². The Balaban J connectivity index is 1.69. The molecule has 1 aromatic rings. The Hall–Kier alpha value is -1.70. The number of nitrogens with zero attached hydrogens (tertiary/aromatic N) is 3. The molecule has 0 saturated carbocycles. The van der Waals surface area contributed by atoms with Crippen molar-refractivity contribution in [1.82, 2.24) is 15.2 Å². The molecule has 0 aromatic heterocycles. The molecule has 162 valence electrons. The van der Waals surface area contributed by atoms with E-state index in [0.29, 0.717) is 5.92 Å². The molecule has 3 rings (SSSR count). The maximum absolute atomic E-state index is 13.1. The van der Waals surface area contributed by atoms with E-state index in [1.165, 1.54) is 12.1 Å². The van der Waals surface area contributed by atoms with Gasteiger partial charge in [0.2, 0.25) is 0 Å². The number of allylic oxidation sites excluding steroid dienone is 1. The summed E-state index contributed by atoms with van der Waals surface area (Å²) in [6.45, 7) is 12.8. The molecule has 0 bridgehead atoms. The van der Waals surface area contributed by atoms with E-state index in [-0.39, 0.29) is 11.9 Å². The van der Waals surface area contributed by atoms with Gasteiger partial charge in [-0.1, -0.05) is 20.8 Å². The Labute approximate surface area is 173 Å². The number of piperazine rings is 1. The lowest BCUT2D eigenvalue weighted by molar-refractivity contribution is -0.158. The van der Waals surface area contributed by atoms with Gasteiger partial charge in [-0.25, -0.2) is 5.43 Å². The normalized spacial score (nSPS) is 21.7. The first-order chi connectivity index (χ1) is 13.7. The monoisotopic (exact) mass is 408 g/mol. The van der Waals surface area contributed by atoms with Crippen molar-refractivity contribution in [2.24, 2.45) is 5.92 Å². The first-order valence-corrected chi connectivity index (χ1v) is 10.7. The van der Waals surface area contributed by atoms with Crippen molar-refractivity contribution in [3.8, 4) is 5.75 Å². The van der Waals surface area contributed by atoms with Gasteiger partial charge in [-0.05, 0) is 55.6 Å². The van der Waals surface area contributed by atoms with Gasteiger partial charge in [0.05, 0.1) is 11.9 Å². The van der Waals surface area contributed by atoms with E-state index in [4.69, 9.17) is 0 Å². The average Bonchev–Trinajstić information content (AvgIpc) is 3.05. The molecule has 0 aliphatic carbocycles. The lowest BCUT2D eigenvalue weighted by Crippen LogP contribution is -2.55. The van der Waals surface area contributed by atoms with Crippen LogP contribution in [0.15, 0.2) is 36.0 Å². The minimum Gasteiger partial charge on any atom is -0.433 e. The molecule has 1 atom stereocenters. The van der Waals surface area contributed by atoms with Crippen LogP contribution in [0.4, 0.5) is 14.5 Å².